The van der Waals surface area contributed by atoms with Crippen molar-refractivity contribution in [2.45, 2.75) is 38.8 Å². The summed E-state index contributed by atoms with van der Waals surface area (Å²) in [6, 6.07) is 6.01. The van der Waals surface area contributed by atoms with E-state index in [0.717, 1.165) is 36.6 Å². The summed E-state index contributed by atoms with van der Waals surface area (Å²) in [7, 11) is 0. The molecule has 1 saturated heterocycles. The zero-order valence-electron chi connectivity index (χ0n) is 11.5. The Morgan fingerprint density at radius 3 is 2.79 bits per heavy atom. The van der Waals surface area contributed by atoms with Crippen LogP contribution in [-0.4, -0.2) is 25.3 Å². The number of likely N-dealkylation sites (N-methyl/N-ethyl adjacent to an activating group) is 1. The molecule has 1 aromatic carbocycles. The van der Waals surface area contributed by atoms with E-state index in [-0.39, 0.29) is 6.10 Å². The fourth-order valence-corrected chi connectivity index (χ4v) is 3.21. The maximum atomic E-state index is 6.26. The summed E-state index contributed by atoms with van der Waals surface area (Å²) < 4.78 is 5.88. The largest absolute Gasteiger partial charge is 0.376 e. The fraction of sp³-hybridized carbons (Fsp3) is 0.600. The lowest BCUT2D eigenvalue weighted by Crippen LogP contribution is -2.43. The van der Waals surface area contributed by atoms with E-state index >= 15 is 0 Å². The van der Waals surface area contributed by atoms with Crippen molar-refractivity contribution in [2.24, 2.45) is 5.92 Å². The second-order valence-electron chi connectivity index (χ2n) is 5.21. The first kappa shape index (κ1) is 15.1. The topological polar surface area (TPSA) is 21.3 Å². The van der Waals surface area contributed by atoms with Crippen LogP contribution in [0.5, 0.6) is 0 Å². The number of hydrogen-bond donors (Lipinski definition) is 1. The third-order valence-corrected chi connectivity index (χ3v) is 4.35. The van der Waals surface area contributed by atoms with E-state index in [1.807, 2.05) is 12.1 Å². The van der Waals surface area contributed by atoms with Gasteiger partial charge in [-0.2, -0.15) is 0 Å². The summed E-state index contributed by atoms with van der Waals surface area (Å²) in [6.45, 7) is 6.17. The van der Waals surface area contributed by atoms with E-state index in [2.05, 4.69) is 19.2 Å². The molecular formula is C15H21Cl2NO. The molecule has 106 valence electrons. The Morgan fingerprint density at radius 2 is 2.21 bits per heavy atom. The molecule has 1 aromatic rings. The van der Waals surface area contributed by atoms with Gasteiger partial charge in [-0.15, -0.1) is 0 Å². The van der Waals surface area contributed by atoms with Gasteiger partial charge in [0.25, 0.3) is 0 Å². The Balaban J connectivity index is 2.11. The van der Waals surface area contributed by atoms with E-state index in [0.29, 0.717) is 17.0 Å². The first-order valence-corrected chi connectivity index (χ1v) is 7.66. The van der Waals surface area contributed by atoms with Gasteiger partial charge in [-0.3, -0.25) is 0 Å². The van der Waals surface area contributed by atoms with Gasteiger partial charge >= 0.3 is 0 Å². The molecule has 1 heterocycles. The zero-order chi connectivity index (χ0) is 13.8. The molecule has 3 atom stereocenters. The smallest absolute Gasteiger partial charge is 0.0757 e. The fourth-order valence-electron chi connectivity index (χ4n) is 2.72. The lowest BCUT2D eigenvalue weighted by atomic mass is 9.93. The van der Waals surface area contributed by atoms with Crippen molar-refractivity contribution in [3.05, 3.63) is 33.8 Å². The summed E-state index contributed by atoms with van der Waals surface area (Å²) in [5.41, 5.74) is 1.12. The minimum Gasteiger partial charge on any atom is -0.376 e. The second kappa shape index (κ2) is 6.94. The quantitative estimate of drug-likeness (QED) is 0.889. The van der Waals surface area contributed by atoms with Crippen molar-refractivity contribution in [2.75, 3.05) is 13.2 Å². The number of rotatable bonds is 5. The Hall–Kier alpha value is -0.280. The maximum Gasteiger partial charge on any atom is 0.0757 e. The molecule has 4 heteroatoms. The molecule has 3 unspecified atom stereocenters. The van der Waals surface area contributed by atoms with E-state index in [1.165, 1.54) is 0 Å². The van der Waals surface area contributed by atoms with Crippen molar-refractivity contribution < 1.29 is 4.74 Å². The van der Waals surface area contributed by atoms with E-state index < -0.39 is 0 Å². The molecule has 0 saturated carbocycles. The summed E-state index contributed by atoms with van der Waals surface area (Å²) in [5.74, 6) is 0.593. The minimum absolute atomic E-state index is 0.270. The molecule has 19 heavy (non-hydrogen) atoms. The third-order valence-electron chi connectivity index (χ3n) is 3.76. The standard InChI is InChI=1S/C15H21Cl2NO/c1-3-18-14(15-10(2)6-7-19-15)8-11-4-5-12(16)9-13(11)17/h4-5,9-10,14-15,18H,3,6-8H2,1-2H3. The van der Waals surface area contributed by atoms with Crippen LogP contribution in [0.3, 0.4) is 0 Å². The molecule has 1 aliphatic heterocycles. The van der Waals surface area contributed by atoms with Crippen molar-refractivity contribution >= 4 is 23.2 Å². The van der Waals surface area contributed by atoms with Crippen LogP contribution in [0.25, 0.3) is 0 Å². The molecule has 0 amide bonds. The molecule has 0 aromatic heterocycles. The van der Waals surface area contributed by atoms with Crippen LogP contribution in [0.4, 0.5) is 0 Å². The molecule has 0 radical (unpaired) electrons. The number of ether oxygens (including phenoxy) is 1. The van der Waals surface area contributed by atoms with Crippen molar-refractivity contribution in [1.82, 2.24) is 5.32 Å². The SMILES string of the molecule is CCNC(Cc1ccc(Cl)cc1Cl)C1OCCC1C. The monoisotopic (exact) mass is 301 g/mol. The first-order chi connectivity index (χ1) is 9.11. The molecule has 0 bridgehead atoms. The Labute approximate surface area is 125 Å². The molecule has 0 aliphatic carbocycles. The molecule has 0 spiro atoms. The van der Waals surface area contributed by atoms with Crippen molar-refractivity contribution in [1.29, 1.82) is 0 Å². The van der Waals surface area contributed by atoms with Crippen LogP contribution in [0, 0.1) is 5.92 Å². The highest BCUT2D eigenvalue weighted by molar-refractivity contribution is 6.35. The summed E-state index contributed by atoms with van der Waals surface area (Å²) >= 11 is 12.2. The van der Waals surface area contributed by atoms with Crippen LogP contribution in [-0.2, 0) is 11.2 Å². The van der Waals surface area contributed by atoms with Gasteiger partial charge in [0.15, 0.2) is 0 Å². The summed E-state index contributed by atoms with van der Waals surface area (Å²) in [4.78, 5) is 0. The number of nitrogens with one attached hydrogen (secondary N) is 1. The number of halogens is 2. The van der Waals surface area contributed by atoms with Crippen LogP contribution < -0.4 is 5.32 Å². The molecular weight excluding hydrogens is 281 g/mol. The van der Waals surface area contributed by atoms with Gasteiger partial charge < -0.3 is 10.1 Å². The molecule has 2 rings (SSSR count). The highest BCUT2D eigenvalue weighted by Crippen LogP contribution is 2.27. The van der Waals surface area contributed by atoms with Gasteiger partial charge in [0.05, 0.1) is 6.10 Å². The van der Waals surface area contributed by atoms with Gasteiger partial charge in [-0.05, 0) is 43.0 Å². The third kappa shape index (κ3) is 3.85. The highest BCUT2D eigenvalue weighted by Gasteiger charge is 2.31. The number of benzene rings is 1. The van der Waals surface area contributed by atoms with Crippen molar-refractivity contribution in [3.63, 3.8) is 0 Å². The van der Waals surface area contributed by atoms with Gasteiger partial charge in [0.1, 0.15) is 0 Å². The van der Waals surface area contributed by atoms with E-state index in [9.17, 15) is 0 Å². The number of hydrogen-bond acceptors (Lipinski definition) is 2. The Kier molecular flexibility index (Phi) is 5.52. The van der Waals surface area contributed by atoms with Gasteiger partial charge in [-0.1, -0.05) is 43.1 Å². The lowest BCUT2D eigenvalue weighted by molar-refractivity contribution is 0.0615. The normalized spacial score (nSPS) is 24.6. The molecule has 2 nitrogen and oxygen atoms in total. The molecule has 1 N–H and O–H groups in total. The van der Waals surface area contributed by atoms with Crippen LogP contribution in [0.2, 0.25) is 10.0 Å². The average molecular weight is 302 g/mol. The summed E-state index contributed by atoms with van der Waals surface area (Å²) in [6.07, 6.45) is 2.28. The predicted octanol–water partition coefficient (Wildman–Crippen LogP) is 3.94. The maximum absolute atomic E-state index is 6.26. The minimum atomic E-state index is 0.270. The Bertz CT molecular complexity index is 425. The molecule has 1 fully saturated rings. The lowest BCUT2D eigenvalue weighted by Gasteiger charge is -2.27. The summed E-state index contributed by atoms with van der Waals surface area (Å²) in [5, 5.41) is 4.95. The second-order valence-corrected chi connectivity index (χ2v) is 6.05. The van der Waals surface area contributed by atoms with Gasteiger partial charge in [0, 0.05) is 22.7 Å². The highest BCUT2D eigenvalue weighted by atomic mass is 35.5. The van der Waals surface area contributed by atoms with Crippen LogP contribution >= 0.6 is 23.2 Å². The van der Waals surface area contributed by atoms with Crippen LogP contribution in [0.1, 0.15) is 25.8 Å². The van der Waals surface area contributed by atoms with E-state index in [1.54, 1.807) is 6.07 Å². The zero-order valence-corrected chi connectivity index (χ0v) is 13.0. The first-order valence-electron chi connectivity index (χ1n) is 6.90. The van der Waals surface area contributed by atoms with Crippen LogP contribution in [0.15, 0.2) is 18.2 Å². The van der Waals surface area contributed by atoms with E-state index in [4.69, 9.17) is 27.9 Å². The van der Waals surface area contributed by atoms with Gasteiger partial charge in [0.2, 0.25) is 0 Å². The average Bonchev–Trinajstić information content (AvgIpc) is 2.78. The Morgan fingerprint density at radius 1 is 1.42 bits per heavy atom. The predicted molar refractivity (Wildman–Crippen MR) is 81.2 cm³/mol. The van der Waals surface area contributed by atoms with Gasteiger partial charge in [-0.25, -0.2) is 0 Å². The molecule has 1 aliphatic rings. The van der Waals surface area contributed by atoms with Crippen molar-refractivity contribution in [3.8, 4) is 0 Å².